The molecule has 1 atom stereocenters. The van der Waals surface area contributed by atoms with Crippen molar-refractivity contribution in [2.24, 2.45) is 0 Å². The number of nitrogens with one attached hydrogen (secondary N) is 1. The van der Waals surface area contributed by atoms with Crippen molar-refractivity contribution in [3.05, 3.63) is 90.0 Å². The van der Waals surface area contributed by atoms with E-state index in [0.29, 0.717) is 5.69 Å². The summed E-state index contributed by atoms with van der Waals surface area (Å²) in [5.74, 6) is -0.597. The highest BCUT2D eigenvalue weighted by atomic mass is 32.2. The fourth-order valence-electron chi connectivity index (χ4n) is 3.97. The maximum Gasteiger partial charge on any atom is 0.244 e. The number of nitrogens with zero attached hydrogens (tertiary/aromatic N) is 2. The van der Waals surface area contributed by atoms with Crippen LogP contribution in [-0.2, 0) is 24.8 Å². The van der Waals surface area contributed by atoms with Gasteiger partial charge in [-0.1, -0.05) is 42.5 Å². The predicted molar refractivity (Wildman–Crippen MR) is 134 cm³/mol. The largest absolute Gasteiger partial charge is 0.325 e. The summed E-state index contributed by atoms with van der Waals surface area (Å²) in [5.41, 5.74) is 2.53. The van der Waals surface area contributed by atoms with Crippen molar-refractivity contribution in [2.45, 2.75) is 29.7 Å². The molecule has 3 aromatic rings. The molecule has 1 N–H and O–H groups in total. The van der Waals surface area contributed by atoms with Crippen LogP contribution in [0.3, 0.4) is 0 Å². The third-order valence-electron chi connectivity index (χ3n) is 6.10. The van der Waals surface area contributed by atoms with Gasteiger partial charge in [-0.3, -0.25) is 4.79 Å². The fourth-order valence-corrected chi connectivity index (χ4v) is 7.02. The molecule has 1 fully saturated rings. The first-order chi connectivity index (χ1) is 16.6. The number of hydrogen-bond donors (Lipinski definition) is 1. The quantitative estimate of drug-likeness (QED) is 0.546. The Balaban J connectivity index is 1.69. The second kappa shape index (κ2) is 9.90. The van der Waals surface area contributed by atoms with Gasteiger partial charge in [-0.25, -0.2) is 16.8 Å². The number of aryl methyl sites for hydroxylation is 2. The number of piperazine rings is 1. The summed E-state index contributed by atoms with van der Waals surface area (Å²) in [6.07, 6.45) is 0. The van der Waals surface area contributed by atoms with E-state index < -0.39 is 32.0 Å². The molecule has 0 radical (unpaired) electrons. The van der Waals surface area contributed by atoms with E-state index in [1.54, 1.807) is 48.5 Å². The number of benzene rings is 3. The van der Waals surface area contributed by atoms with Crippen LogP contribution in [0.25, 0.3) is 0 Å². The molecule has 1 saturated heterocycles. The molecule has 3 aromatic carbocycles. The summed E-state index contributed by atoms with van der Waals surface area (Å²) < 4.78 is 55.7. The Morgan fingerprint density at radius 1 is 0.771 bits per heavy atom. The number of hydrogen-bond acceptors (Lipinski definition) is 5. The summed E-state index contributed by atoms with van der Waals surface area (Å²) in [5, 5.41) is 2.78. The zero-order chi connectivity index (χ0) is 25.2. The van der Waals surface area contributed by atoms with E-state index >= 15 is 0 Å². The standard InChI is InChI=1S/C25H27N3O5S2/c1-19-13-14-21(17-20(19)2)26-25(29)24-18-27(34(30,31)22-9-5-3-6-10-22)15-16-28(24)35(32,33)23-11-7-4-8-12-23/h3-14,17,24H,15-16,18H2,1-2H3,(H,26,29)/t24-/m1/s1. The van der Waals surface area contributed by atoms with Gasteiger partial charge in [0.2, 0.25) is 26.0 Å². The van der Waals surface area contributed by atoms with Gasteiger partial charge in [0.1, 0.15) is 6.04 Å². The Hall–Kier alpha value is -3.05. The van der Waals surface area contributed by atoms with Crippen molar-refractivity contribution in [2.75, 3.05) is 25.0 Å². The molecule has 0 bridgehead atoms. The smallest absolute Gasteiger partial charge is 0.244 e. The number of carbonyl (C=O) groups excluding carboxylic acids is 1. The Morgan fingerprint density at radius 3 is 1.91 bits per heavy atom. The minimum atomic E-state index is -4.05. The fraction of sp³-hybridized carbons (Fsp3) is 0.240. The van der Waals surface area contributed by atoms with E-state index in [1.165, 1.54) is 28.6 Å². The third kappa shape index (κ3) is 5.15. The van der Waals surface area contributed by atoms with Crippen LogP contribution in [0.2, 0.25) is 0 Å². The van der Waals surface area contributed by atoms with Crippen molar-refractivity contribution in [1.82, 2.24) is 8.61 Å². The highest BCUT2D eigenvalue weighted by Gasteiger charge is 2.43. The van der Waals surface area contributed by atoms with E-state index in [9.17, 15) is 21.6 Å². The average Bonchev–Trinajstić information content (AvgIpc) is 2.87. The number of rotatable bonds is 6. The van der Waals surface area contributed by atoms with Gasteiger partial charge < -0.3 is 5.32 Å². The normalized spacial score (nSPS) is 17.7. The first-order valence-electron chi connectivity index (χ1n) is 11.1. The van der Waals surface area contributed by atoms with Gasteiger partial charge in [-0.15, -0.1) is 0 Å². The van der Waals surface area contributed by atoms with Gasteiger partial charge in [-0.2, -0.15) is 8.61 Å². The minimum absolute atomic E-state index is 0.0448. The molecule has 0 unspecified atom stereocenters. The summed E-state index contributed by atoms with van der Waals surface area (Å²) in [7, 11) is -7.96. The maximum atomic E-state index is 13.5. The molecule has 0 aromatic heterocycles. The molecule has 1 aliphatic rings. The summed E-state index contributed by atoms with van der Waals surface area (Å²) >= 11 is 0. The molecular weight excluding hydrogens is 486 g/mol. The van der Waals surface area contributed by atoms with Crippen LogP contribution in [0.1, 0.15) is 11.1 Å². The van der Waals surface area contributed by atoms with E-state index in [2.05, 4.69) is 5.32 Å². The second-order valence-corrected chi connectivity index (χ2v) is 12.2. The molecule has 0 saturated carbocycles. The van der Waals surface area contributed by atoms with Crippen molar-refractivity contribution < 1.29 is 21.6 Å². The lowest BCUT2D eigenvalue weighted by atomic mass is 10.1. The Morgan fingerprint density at radius 2 is 1.34 bits per heavy atom. The highest BCUT2D eigenvalue weighted by molar-refractivity contribution is 7.89. The van der Waals surface area contributed by atoms with Crippen LogP contribution >= 0.6 is 0 Å². The monoisotopic (exact) mass is 513 g/mol. The van der Waals surface area contributed by atoms with Gasteiger partial charge in [0, 0.05) is 25.3 Å². The van der Waals surface area contributed by atoms with Crippen molar-refractivity contribution in [3.63, 3.8) is 0 Å². The van der Waals surface area contributed by atoms with E-state index in [0.717, 1.165) is 15.4 Å². The Bertz CT molecular complexity index is 1430. The molecule has 8 nitrogen and oxygen atoms in total. The average molecular weight is 514 g/mol. The lowest BCUT2D eigenvalue weighted by Gasteiger charge is -2.38. The summed E-state index contributed by atoms with van der Waals surface area (Å²) in [6.45, 7) is 3.32. The zero-order valence-corrected chi connectivity index (χ0v) is 21.1. The van der Waals surface area contributed by atoms with Crippen LogP contribution in [-0.4, -0.2) is 57.0 Å². The topological polar surface area (TPSA) is 104 Å². The summed E-state index contributed by atoms with van der Waals surface area (Å²) in [6, 6.07) is 19.9. The molecule has 184 valence electrons. The number of amides is 1. The SMILES string of the molecule is Cc1ccc(NC(=O)[C@H]2CN(S(=O)(=O)c3ccccc3)CCN2S(=O)(=O)c2ccccc2)cc1C. The lowest BCUT2D eigenvalue weighted by molar-refractivity contribution is -0.120. The van der Waals surface area contributed by atoms with Crippen molar-refractivity contribution in [3.8, 4) is 0 Å². The predicted octanol–water partition coefficient (Wildman–Crippen LogP) is 3.01. The Labute approximate surface area is 206 Å². The number of sulfonamides is 2. The molecule has 0 aliphatic carbocycles. The molecule has 1 heterocycles. The lowest BCUT2D eigenvalue weighted by Crippen LogP contribution is -2.60. The van der Waals surface area contributed by atoms with Gasteiger partial charge in [-0.05, 0) is 61.4 Å². The number of carbonyl (C=O) groups is 1. The van der Waals surface area contributed by atoms with Gasteiger partial charge in [0.25, 0.3) is 0 Å². The molecule has 1 amide bonds. The highest BCUT2D eigenvalue weighted by Crippen LogP contribution is 2.26. The molecule has 0 spiro atoms. The van der Waals surface area contributed by atoms with E-state index in [-0.39, 0.29) is 29.4 Å². The van der Waals surface area contributed by atoms with E-state index in [4.69, 9.17) is 0 Å². The van der Waals surface area contributed by atoms with Crippen LogP contribution in [0.4, 0.5) is 5.69 Å². The molecule has 4 rings (SSSR count). The molecular formula is C25H27N3O5S2. The number of anilines is 1. The van der Waals surface area contributed by atoms with Gasteiger partial charge in [0.15, 0.2) is 0 Å². The molecule has 35 heavy (non-hydrogen) atoms. The van der Waals surface area contributed by atoms with Gasteiger partial charge in [0.05, 0.1) is 9.79 Å². The molecule has 10 heteroatoms. The maximum absolute atomic E-state index is 13.5. The van der Waals surface area contributed by atoms with Crippen molar-refractivity contribution in [1.29, 1.82) is 0 Å². The van der Waals surface area contributed by atoms with E-state index in [1.807, 2.05) is 19.9 Å². The summed E-state index contributed by atoms with van der Waals surface area (Å²) in [4.78, 5) is 13.6. The zero-order valence-electron chi connectivity index (χ0n) is 19.5. The van der Waals surface area contributed by atoms with Crippen LogP contribution < -0.4 is 5.32 Å². The Kier molecular flexibility index (Phi) is 7.09. The third-order valence-corrected chi connectivity index (χ3v) is 9.90. The minimum Gasteiger partial charge on any atom is -0.325 e. The first kappa shape index (κ1) is 25.1. The van der Waals surface area contributed by atoms with Crippen LogP contribution in [0.15, 0.2) is 88.7 Å². The van der Waals surface area contributed by atoms with Crippen LogP contribution in [0, 0.1) is 13.8 Å². The first-order valence-corrected chi connectivity index (χ1v) is 14.0. The second-order valence-electron chi connectivity index (χ2n) is 8.41. The molecule has 1 aliphatic heterocycles. The van der Waals surface area contributed by atoms with Gasteiger partial charge >= 0.3 is 0 Å². The van der Waals surface area contributed by atoms with Crippen molar-refractivity contribution >= 4 is 31.6 Å². The van der Waals surface area contributed by atoms with Crippen LogP contribution in [0.5, 0.6) is 0 Å².